The molecule has 1 N–H and O–H groups in total. The van der Waals surface area contributed by atoms with Gasteiger partial charge in [0.25, 0.3) is 0 Å². The van der Waals surface area contributed by atoms with Gasteiger partial charge in [0, 0.05) is 50.0 Å². The largest absolute Gasteiger partial charge is 0.497 e. The van der Waals surface area contributed by atoms with Crippen LogP contribution in [0.2, 0.25) is 0 Å². The van der Waals surface area contributed by atoms with Gasteiger partial charge in [-0.1, -0.05) is 6.92 Å². The number of nitrogens with zero attached hydrogens (tertiary/aromatic N) is 2. The van der Waals surface area contributed by atoms with Crippen LogP contribution in [0.5, 0.6) is 11.6 Å². The molecule has 2 atom stereocenters. The van der Waals surface area contributed by atoms with Crippen LogP contribution in [0.15, 0.2) is 36.5 Å². The molecule has 5 rings (SSSR count). The van der Waals surface area contributed by atoms with Crippen molar-refractivity contribution in [3.63, 3.8) is 0 Å². The smallest absolute Gasteiger partial charge is 0.306 e. The highest BCUT2D eigenvalue weighted by atomic mass is 16.5. The molecule has 2 heterocycles. The summed E-state index contributed by atoms with van der Waals surface area (Å²) in [7, 11) is 3.42. The zero-order valence-corrected chi connectivity index (χ0v) is 24.6. The quantitative estimate of drug-likeness (QED) is 0.314. The molecule has 2 aliphatic carbocycles. The predicted octanol–water partition coefficient (Wildman–Crippen LogP) is 5.99. The number of rotatable bonds is 12. The number of methoxy groups -OCH3 is 2. The summed E-state index contributed by atoms with van der Waals surface area (Å²) < 4.78 is 17.2. The lowest BCUT2D eigenvalue weighted by molar-refractivity contribution is -0.142. The van der Waals surface area contributed by atoms with Crippen LogP contribution in [-0.2, 0) is 9.53 Å². The third kappa shape index (κ3) is 7.03. The van der Waals surface area contributed by atoms with Crippen LogP contribution in [-0.4, -0.2) is 61.9 Å². The lowest BCUT2D eigenvalue weighted by atomic mass is 9.82. The van der Waals surface area contributed by atoms with Crippen molar-refractivity contribution in [2.45, 2.75) is 70.3 Å². The molecule has 3 fully saturated rings. The maximum atomic E-state index is 13.6. The van der Waals surface area contributed by atoms with Crippen molar-refractivity contribution >= 4 is 17.4 Å². The van der Waals surface area contributed by atoms with Gasteiger partial charge in [0.1, 0.15) is 5.75 Å². The number of piperidine rings is 1. The maximum Gasteiger partial charge on any atom is 0.306 e. The fourth-order valence-electron chi connectivity index (χ4n) is 6.72. The lowest BCUT2D eigenvalue weighted by Crippen LogP contribution is -2.37. The number of hydrogen-bond donors (Lipinski definition) is 1. The fraction of sp³-hybridized carbons (Fsp3) is 0.606. The molecule has 2 saturated carbocycles. The fourth-order valence-corrected chi connectivity index (χ4v) is 6.72. The molecule has 0 unspecified atom stereocenters. The first-order valence-electron chi connectivity index (χ1n) is 15.2. The van der Waals surface area contributed by atoms with Gasteiger partial charge in [-0.25, -0.2) is 4.98 Å². The van der Waals surface area contributed by atoms with Crippen molar-refractivity contribution in [3.05, 3.63) is 47.7 Å². The van der Waals surface area contributed by atoms with Crippen LogP contribution in [0, 0.1) is 23.7 Å². The molecule has 41 heavy (non-hydrogen) atoms. The Hall–Kier alpha value is -3.13. The topological polar surface area (TPSA) is 98.2 Å². The van der Waals surface area contributed by atoms with Crippen molar-refractivity contribution in [2.75, 3.05) is 38.8 Å². The number of pyridine rings is 1. The highest BCUT2D eigenvalue weighted by molar-refractivity contribution is 6.03. The summed E-state index contributed by atoms with van der Waals surface area (Å²) >= 11 is 0. The van der Waals surface area contributed by atoms with Gasteiger partial charge in [0.2, 0.25) is 5.88 Å². The van der Waals surface area contributed by atoms with Gasteiger partial charge in [-0.15, -0.1) is 0 Å². The second kappa shape index (κ2) is 13.2. The van der Waals surface area contributed by atoms with Crippen LogP contribution in [0.3, 0.4) is 0 Å². The van der Waals surface area contributed by atoms with Gasteiger partial charge in [0.05, 0.1) is 31.4 Å². The van der Waals surface area contributed by atoms with Crippen LogP contribution < -0.4 is 14.4 Å². The average Bonchev–Trinajstić information content (AvgIpc) is 3.85. The number of hydrogen-bond acceptors (Lipinski definition) is 7. The van der Waals surface area contributed by atoms with Gasteiger partial charge in [-0.3, -0.25) is 9.59 Å². The van der Waals surface area contributed by atoms with Gasteiger partial charge in [-0.05, 0) is 92.9 Å². The molecule has 1 saturated heterocycles. The van der Waals surface area contributed by atoms with E-state index in [1.165, 1.54) is 0 Å². The standard InChI is InChI=1S/C33H44N2O6/c1-21(33(37)38)31(23-4-5-23)25-12-15-34-30(18-25)41-20-22-13-16-35(17-14-22)29-19-27(40-3)10-11-28(29)32(36)24-6-8-26(39-2)9-7-24/h10-12,15,18-19,21-24,26,31H,4-9,13-14,16-17,20H2,1-3H3,(H,37,38)/t21-,24?,26?,31-/m0/s1. The van der Waals surface area contributed by atoms with Gasteiger partial charge in [-0.2, -0.15) is 0 Å². The first-order chi connectivity index (χ1) is 19.9. The number of aromatic nitrogens is 1. The van der Waals surface area contributed by atoms with E-state index in [1.54, 1.807) is 27.3 Å². The first-order valence-corrected chi connectivity index (χ1v) is 15.2. The van der Waals surface area contributed by atoms with E-state index < -0.39 is 11.9 Å². The molecule has 1 aromatic heterocycles. The molecule has 3 aliphatic rings. The highest BCUT2D eigenvalue weighted by Crippen LogP contribution is 2.47. The Labute approximate surface area is 243 Å². The minimum atomic E-state index is -0.757. The summed E-state index contributed by atoms with van der Waals surface area (Å²) in [6.45, 7) is 4.04. The minimum absolute atomic E-state index is 0.00382. The van der Waals surface area contributed by atoms with E-state index in [0.29, 0.717) is 24.3 Å². The number of carbonyl (C=O) groups is 2. The summed E-state index contributed by atoms with van der Waals surface area (Å²) in [5.41, 5.74) is 2.77. The second-order valence-electron chi connectivity index (χ2n) is 12.1. The zero-order valence-electron chi connectivity index (χ0n) is 24.6. The average molecular weight is 565 g/mol. The Morgan fingerprint density at radius 1 is 1.00 bits per heavy atom. The number of Topliss-reactive ketones (excluding diaryl/α,β-unsaturated/α-hetero) is 1. The number of anilines is 1. The Balaban J connectivity index is 1.20. The molecular formula is C33H44N2O6. The maximum absolute atomic E-state index is 13.6. The lowest BCUT2D eigenvalue weighted by Gasteiger charge is -2.35. The summed E-state index contributed by atoms with van der Waals surface area (Å²) in [5, 5.41) is 9.62. The van der Waals surface area contributed by atoms with Crippen LogP contribution >= 0.6 is 0 Å². The van der Waals surface area contributed by atoms with E-state index >= 15 is 0 Å². The molecule has 0 spiro atoms. The third-order valence-corrected chi connectivity index (χ3v) is 9.47. The molecular weight excluding hydrogens is 520 g/mol. The summed E-state index contributed by atoms with van der Waals surface area (Å²) in [6, 6.07) is 9.71. The molecule has 0 radical (unpaired) electrons. The van der Waals surface area contributed by atoms with Crippen LogP contribution in [0.25, 0.3) is 0 Å². The van der Waals surface area contributed by atoms with Crippen molar-refractivity contribution in [3.8, 4) is 11.6 Å². The van der Waals surface area contributed by atoms with E-state index in [0.717, 1.165) is 87.0 Å². The Kier molecular flexibility index (Phi) is 9.48. The molecule has 2 aromatic rings. The minimum Gasteiger partial charge on any atom is -0.497 e. The second-order valence-corrected chi connectivity index (χ2v) is 12.1. The van der Waals surface area contributed by atoms with Crippen molar-refractivity contribution in [2.24, 2.45) is 23.7 Å². The van der Waals surface area contributed by atoms with Crippen molar-refractivity contribution in [1.29, 1.82) is 0 Å². The van der Waals surface area contributed by atoms with Crippen LogP contribution in [0.4, 0.5) is 5.69 Å². The molecule has 1 aliphatic heterocycles. The van der Waals surface area contributed by atoms with Crippen molar-refractivity contribution < 1.29 is 28.9 Å². The van der Waals surface area contributed by atoms with Gasteiger partial charge in [0.15, 0.2) is 5.78 Å². The van der Waals surface area contributed by atoms with E-state index in [1.807, 2.05) is 30.3 Å². The summed E-state index contributed by atoms with van der Waals surface area (Å²) in [6.07, 6.45) is 9.66. The zero-order chi connectivity index (χ0) is 28.9. The van der Waals surface area contributed by atoms with E-state index in [-0.39, 0.29) is 23.7 Å². The predicted molar refractivity (Wildman–Crippen MR) is 157 cm³/mol. The number of benzene rings is 1. The number of aliphatic carboxylic acids is 1. The van der Waals surface area contributed by atoms with Crippen molar-refractivity contribution in [1.82, 2.24) is 4.98 Å². The normalized spacial score (nSPS) is 23.0. The molecule has 8 nitrogen and oxygen atoms in total. The number of ether oxygens (including phenoxy) is 3. The Bertz CT molecular complexity index is 1200. The Morgan fingerprint density at radius 2 is 1.73 bits per heavy atom. The SMILES string of the molecule is COc1ccc(C(=O)C2CCC(OC)CC2)c(N2CCC(COc3cc([C@H](C4CC4)[C@H](C)C(=O)O)ccn3)CC2)c1. The molecule has 0 bridgehead atoms. The molecule has 0 amide bonds. The van der Waals surface area contributed by atoms with E-state index in [2.05, 4.69) is 9.88 Å². The highest BCUT2D eigenvalue weighted by Gasteiger charge is 2.39. The number of carboxylic acid groups (broad SMARTS) is 1. The Morgan fingerprint density at radius 3 is 2.37 bits per heavy atom. The summed E-state index contributed by atoms with van der Waals surface area (Å²) in [4.78, 5) is 32.1. The number of carbonyl (C=O) groups excluding carboxylic acids is 1. The van der Waals surface area contributed by atoms with E-state index in [9.17, 15) is 14.7 Å². The first kappa shape index (κ1) is 29.4. The molecule has 1 aromatic carbocycles. The third-order valence-electron chi connectivity index (χ3n) is 9.47. The summed E-state index contributed by atoms with van der Waals surface area (Å²) in [5.74, 6) is 1.21. The molecule has 8 heteroatoms. The molecule has 222 valence electrons. The van der Waals surface area contributed by atoms with Gasteiger partial charge >= 0.3 is 5.97 Å². The number of ketones is 1. The van der Waals surface area contributed by atoms with E-state index in [4.69, 9.17) is 14.2 Å². The monoisotopic (exact) mass is 564 g/mol. The van der Waals surface area contributed by atoms with Gasteiger partial charge < -0.3 is 24.2 Å². The number of carboxylic acids is 1. The van der Waals surface area contributed by atoms with Crippen LogP contribution in [0.1, 0.15) is 80.1 Å².